The van der Waals surface area contributed by atoms with Crippen LogP contribution in [0.15, 0.2) is 49.1 Å². The minimum absolute atomic E-state index is 0.142. The van der Waals surface area contributed by atoms with Crippen molar-refractivity contribution in [1.29, 1.82) is 0 Å². The first kappa shape index (κ1) is 36.1. The number of rotatable bonds is 5. The molecule has 3 heterocycles. The molecule has 1 saturated heterocycles. The number of pyridine rings is 1. The number of hydrogen-bond acceptors (Lipinski definition) is 6. The number of aryl methyl sites for hydroxylation is 1. The Hall–Kier alpha value is -3.73. The summed E-state index contributed by atoms with van der Waals surface area (Å²) >= 11 is 6.29. The number of nitrogens with zero attached hydrogens (tertiary/aromatic N) is 4. The maximum atomic E-state index is 11.9. The molecule has 1 atom stereocenters. The fourth-order valence-electron chi connectivity index (χ4n) is 5.79. The first-order chi connectivity index (χ1) is 22.6. The molecule has 2 aromatic heterocycles. The van der Waals surface area contributed by atoms with Crippen LogP contribution in [0.5, 0.6) is 0 Å². The van der Waals surface area contributed by atoms with Crippen LogP contribution >= 0.6 is 11.6 Å². The van der Waals surface area contributed by atoms with Crippen molar-refractivity contribution in [1.82, 2.24) is 40.7 Å². The molecule has 3 amide bonds. The maximum absolute atomic E-state index is 11.9. The normalized spacial score (nSPS) is 16.8. The van der Waals surface area contributed by atoms with Crippen LogP contribution in [-0.2, 0) is 18.3 Å². The molecule has 1 aliphatic heterocycles. The summed E-state index contributed by atoms with van der Waals surface area (Å²) in [5, 5.41) is 13.1. The highest BCUT2D eigenvalue weighted by molar-refractivity contribution is 6.30. The van der Waals surface area contributed by atoms with E-state index in [-0.39, 0.29) is 12.1 Å². The SMILES string of the molecule is CNC(C)(C)C.Cn1cncc1C(NC=O)C1=Cc2cccnc2Cc2ccc(Cl)cc21.O=C(NC1CCCCC1)N1CCNCC1. The topological polar surface area (TPSA) is 116 Å². The second kappa shape index (κ2) is 17.4. The fraction of sp³-hybridized carbons (Fsp3) is 0.500. The number of halogens is 1. The summed E-state index contributed by atoms with van der Waals surface area (Å²) in [5.41, 5.74) is 6.32. The summed E-state index contributed by atoms with van der Waals surface area (Å²) in [6.45, 7) is 9.94. The number of nitrogens with one attached hydrogen (secondary N) is 4. The van der Waals surface area contributed by atoms with E-state index in [9.17, 15) is 9.59 Å². The Balaban J connectivity index is 0.000000200. The number of urea groups is 1. The Bertz CT molecular complexity index is 1490. The molecule has 4 N–H and O–H groups in total. The van der Waals surface area contributed by atoms with E-state index in [1.165, 1.54) is 19.3 Å². The van der Waals surface area contributed by atoms with Crippen molar-refractivity contribution in [2.75, 3.05) is 33.2 Å². The number of piperazine rings is 1. The summed E-state index contributed by atoms with van der Waals surface area (Å²) < 4.78 is 1.90. The van der Waals surface area contributed by atoms with E-state index in [4.69, 9.17) is 11.6 Å². The van der Waals surface area contributed by atoms with Gasteiger partial charge in [-0.25, -0.2) is 9.78 Å². The Morgan fingerprint density at radius 3 is 2.49 bits per heavy atom. The van der Waals surface area contributed by atoms with Gasteiger partial charge < -0.3 is 30.7 Å². The van der Waals surface area contributed by atoms with Crippen LogP contribution < -0.4 is 21.3 Å². The van der Waals surface area contributed by atoms with Gasteiger partial charge in [0.15, 0.2) is 0 Å². The lowest BCUT2D eigenvalue weighted by atomic mass is 9.92. The molecule has 1 saturated carbocycles. The molecule has 2 aliphatic carbocycles. The van der Waals surface area contributed by atoms with Crippen LogP contribution in [0.4, 0.5) is 4.79 Å². The van der Waals surface area contributed by atoms with E-state index in [0.717, 1.165) is 79.1 Å². The van der Waals surface area contributed by atoms with Crippen LogP contribution in [0.2, 0.25) is 5.02 Å². The largest absolute Gasteiger partial charge is 0.346 e. The molecule has 0 radical (unpaired) electrons. The summed E-state index contributed by atoms with van der Waals surface area (Å²) in [5.74, 6) is 0. The van der Waals surface area contributed by atoms with E-state index in [1.54, 1.807) is 18.7 Å². The number of carbonyl (C=O) groups is 2. The number of imidazole rings is 1. The minimum atomic E-state index is -0.344. The van der Waals surface area contributed by atoms with E-state index < -0.39 is 0 Å². The zero-order valence-corrected chi connectivity index (χ0v) is 29.2. The van der Waals surface area contributed by atoms with Gasteiger partial charge in [-0.3, -0.25) is 9.78 Å². The molecule has 254 valence electrons. The van der Waals surface area contributed by atoms with Gasteiger partial charge in [-0.2, -0.15) is 0 Å². The van der Waals surface area contributed by atoms with Crippen molar-refractivity contribution in [2.45, 2.75) is 76.9 Å². The molecule has 2 fully saturated rings. The lowest BCUT2D eigenvalue weighted by molar-refractivity contribution is -0.109. The van der Waals surface area contributed by atoms with E-state index >= 15 is 0 Å². The van der Waals surface area contributed by atoms with Crippen LogP contribution in [0.3, 0.4) is 0 Å². The first-order valence-electron chi connectivity index (χ1n) is 16.6. The predicted molar refractivity (Wildman–Crippen MR) is 190 cm³/mol. The van der Waals surface area contributed by atoms with Crippen molar-refractivity contribution in [2.24, 2.45) is 7.05 Å². The van der Waals surface area contributed by atoms with Crippen LogP contribution in [0.1, 0.15) is 87.0 Å². The van der Waals surface area contributed by atoms with Gasteiger partial charge in [-0.15, -0.1) is 0 Å². The Morgan fingerprint density at radius 1 is 1.13 bits per heavy atom. The third-order valence-electron chi connectivity index (χ3n) is 8.76. The summed E-state index contributed by atoms with van der Waals surface area (Å²) in [4.78, 5) is 33.9. The Labute approximate surface area is 284 Å². The van der Waals surface area contributed by atoms with Crippen molar-refractivity contribution in [3.05, 3.63) is 82.2 Å². The standard InChI is InChI=1S/C20H17ClN4O.C11H21N3O.C5H13N/c1-25-11-22-10-19(25)20(24-12-26)17-7-14-3-2-6-23-18(14)8-13-4-5-15(21)9-16(13)17;15-11(14-8-6-12-7-9-14)13-10-4-2-1-3-5-10;1-5(2,3)6-4/h2-7,9-12,20H,8H2,1H3,(H,24,26);10,12H,1-9H2,(H,13,15);6H,1-4H3. The van der Waals surface area contributed by atoms with E-state index in [0.29, 0.717) is 23.0 Å². The van der Waals surface area contributed by atoms with Crippen molar-refractivity contribution in [3.63, 3.8) is 0 Å². The summed E-state index contributed by atoms with van der Waals surface area (Å²) in [6, 6.07) is 10.0. The molecule has 1 unspecified atom stereocenters. The molecule has 3 aromatic rings. The number of fused-ring (bicyclic) bond motifs is 2. The van der Waals surface area contributed by atoms with E-state index in [2.05, 4.69) is 58.1 Å². The zero-order chi connectivity index (χ0) is 33.8. The Kier molecular flexibility index (Phi) is 13.4. The fourth-order valence-corrected chi connectivity index (χ4v) is 5.97. The zero-order valence-electron chi connectivity index (χ0n) is 28.5. The van der Waals surface area contributed by atoms with Gasteiger partial charge in [-0.1, -0.05) is 43.0 Å². The maximum Gasteiger partial charge on any atom is 0.317 e. The molecule has 10 nitrogen and oxygen atoms in total. The van der Waals surface area contributed by atoms with Gasteiger partial charge >= 0.3 is 6.03 Å². The predicted octanol–water partition coefficient (Wildman–Crippen LogP) is 5.34. The molecule has 0 spiro atoms. The third kappa shape index (κ3) is 10.6. The average molecular weight is 663 g/mol. The molecule has 6 rings (SSSR count). The van der Waals surface area contributed by atoms with E-state index in [1.807, 2.05) is 53.9 Å². The molecule has 3 aliphatic rings. The van der Waals surface area contributed by atoms with Crippen LogP contribution in [0, 0.1) is 0 Å². The summed E-state index contributed by atoms with van der Waals surface area (Å²) in [7, 11) is 3.87. The van der Waals surface area contributed by atoms with Crippen molar-refractivity contribution < 1.29 is 9.59 Å². The smallest absolute Gasteiger partial charge is 0.317 e. The number of benzene rings is 1. The summed E-state index contributed by atoms with van der Waals surface area (Å²) in [6.07, 6.45) is 15.0. The molecular formula is C36H51ClN8O2. The molecule has 47 heavy (non-hydrogen) atoms. The minimum Gasteiger partial charge on any atom is -0.346 e. The first-order valence-corrected chi connectivity index (χ1v) is 17.0. The van der Waals surface area contributed by atoms with Crippen LogP contribution in [-0.4, -0.2) is 76.7 Å². The van der Waals surface area contributed by atoms with Gasteiger partial charge in [0, 0.05) is 62.4 Å². The van der Waals surface area contributed by atoms with Gasteiger partial charge in [0.1, 0.15) is 0 Å². The number of aromatic nitrogens is 3. The Morgan fingerprint density at radius 2 is 1.85 bits per heavy atom. The number of amides is 3. The number of hydrogen-bond donors (Lipinski definition) is 4. The molecule has 1 aromatic carbocycles. The van der Waals surface area contributed by atoms with Gasteiger partial charge in [-0.05, 0) is 87.2 Å². The highest BCUT2D eigenvalue weighted by atomic mass is 35.5. The average Bonchev–Trinajstić information content (AvgIpc) is 3.43. The lowest BCUT2D eigenvalue weighted by Gasteiger charge is -2.31. The molecule has 0 bridgehead atoms. The monoisotopic (exact) mass is 662 g/mol. The molecule has 11 heteroatoms. The second-order valence-electron chi connectivity index (χ2n) is 13.3. The number of carbonyl (C=O) groups excluding carboxylic acids is 2. The van der Waals surface area contributed by atoms with Gasteiger partial charge in [0.05, 0.1) is 30.0 Å². The molecular weight excluding hydrogens is 612 g/mol. The highest BCUT2D eigenvalue weighted by Gasteiger charge is 2.26. The third-order valence-corrected chi connectivity index (χ3v) is 8.99. The quantitative estimate of drug-likeness (QED) is 0.274. The van der Waals surface area contributed by atoms with Gasteiger partial charge in [0.2, 0.25) is 6.41 Å². The van der Waals surface area contributed by atoms with Crippen molar-refractivity contribution >= 4 is 35.7 Å². The highest BCUT2D eigenvalue weighted by Crippen LogP contribution is 2.38. The van der Waals surface area contributed by atoms with Crippen molar-refractivity contribution in [3.8, 4) is 0 Å². The van der Waals surface area contributed by atoms with Gasteiger partial charge in [0.25, 0.3) is 0 Å². The van der Waals surface area contributed by atoms with Crippen LogP contribution in [0.25, 0.3) is 11.6 Å². The lowest BCUT2D eigenvalue weighted by Crippen LogP contribution is -2.52. The second-order valence-corrected chi connectivity index (χ2v) is 13.7.